The number of nitrogens with zero attached hydrogens (tertiary/aromatic N) is 2. The van der Waals surface area contributed by atoms with Gasteiger partial charge in [-0.2, -0.15) is 0 Å². The van der Waals surface area contributed by atoms with Gasteiger partial charge in [0.05, 0.1) is 59.7 Å². The van der Waals surface area contributed by atoms with E-state index in [4.69, 9.17) is 0 Å². The van der Waals surface area contributed by atoms with Crippen LogP contribution >= 0.6 is 68.0 Å². The standard InChI is InChI=1S/C26H16N2S6/c1-9-5-13-21(29-9)25-17(27(13)3)23-19(33-25)11-7-16-12(8-15(11)31-23)20-24(32-16)18-26(34-20)22-14(28(18)4)6-10(2)30-22/h5-8H,1-4H3. The first kappa shape index (κ1) is 19.3. The third kappa shape index (κ3) is 2.10. The lowest BCUT2D eigenvalue weighted by atomic mass is 10.2. The van der Waals surface area contributed by atoms with Crippen LogP contribution in [0.4, 0.5) is 0 Å². The molecule has 0 aliphatic carbocycles. The Balaban J connectivity index is 1.40. The minimum absolute atomic E-state index is 1.38. The Kier molecular flexibility index (Phi) is 3.43. The molecule has 0 fully saturated rings. The van der Waals surface area contributed by atoms with E-state index < -0.39 is 0 Å². The van der Waals surface area contributed by atoms with Crippen LogP contribution in [0.25, 0.3) is 79.8 Å². The average molecular weight is 549 g/mol. The summed E-state index contributed by atoms with van der Waals surface area (Å²) in [5.41, 5.74) is 5.61. The maximum Gasteiger partial charge on any atom is 0.0789 e. The van der Waals surface area contributed by atoms with Gasteiger partial charge >= 0.3 is 0 Å². The quantitative estimate of drug-likeness (QED) is 0.178. The van der Waals surface area contributed by atoms with Crippen LogP contribution in [0.15, 0.2) is 24.3 Å². The molecular weight excluding hydrogens is 533 g/mol. The van der Waals surface area contributed by atoms with Gasteiger partial charge in [-0.15, -0.1) is 68.0 Å². The Bertz CT molecular complexity index is 2160. The van der Waals surface area contributed by atoms with Gasteiger partial charge < -0.3 is 9.13 Å². The zero-order valence-electron chi connectivity index (χ0n) is 18.7. The van der Waals surface area contributed by atoms with E-state index in [-0.39, 0.29) is 0 Å². The first-order valence-corrected chi connectivity index (χ1v) is 15.9. The molecule has 0 bridgehead atoms. The van der Waals surface area contributed by atoms with E-state index in [1.165, 1.54) is 89.6 Å². The second kappa shape index (κ2) is 6.06. The Labute approximate surface area is 217 Å². The average Bonchev–Trinajstić information content (AvgIpc) is 3.61. The summed E-state index contributed by atoms with van der Waals surface area (Å²) in [5.74, 6) is 0. The van der Waals surface area contributed by atoms with E-state index in [1.54, 1.807) is 0 Å². The third-order valence-corrected chi connectivity index (χ3v) is 14.6. The summed E-state index contributed by atoms with van der Waals surface area (Å²) < 4.78 is 19.4. The van der Waals surface area contributed by atoms with E-state index in [9.17, 15) is 0 Å². The number of benzene rings is 1. The van der Waals surface area contributed by atoms with Crippen LogP contribution in [0.1, 0.15) is 9.75 Å². The van der Waals surface area contributed by atoms with Gasteiger partial charge in [0.2, 0.25) is 0 Å². The summed E-state index contributed by atoms with van der Waals surface area (Å²) in [6, 6.07) is 9.64. The van der Waals surface area contributed by atoms with E-state index in [0.29, 0.717) is 0 Å². The summed E-state index contributed by atoms with van der Waals surface area (Å²) >= 11 is 11.8. The van der Waals surface area contributed by atoms with Crippen molar-refractivity contribution in [1.29, 1.82) is 0 Å². The lowest BCUT2D eigenvalue weighted by Crippen LogP contribution is -1.83. The monoisotopic (exact) mass is 548 g/mol. The predicted octanol–water partition coefficient (Wildman–Crippen LogP) is 10.6. The molecule has 34 heavy (non-hydrogen) atoms. The van der Waals surface area contributed by atoms with Crippen LogP contribution < -0.4 is 0 Å². The summed E-state index contributed by atoms with van der Waals surface area (Å²) in [7, 11) is 4.47. The van der Waals surface area contributed by atoms with E-state index >= 15 is 0 Å². The van der Waals surface area contributed by atoms with Crippen molar-refractivity contribution >= 4 is 148 Å². The molecule has 0 saturated heterocycles. The van der Waals surface area contributed by atoms with Gasteiger partial charge in [0.1, 0.15) is 0 Å². The van der Waals surface area contributed by atoms with E-state index in [0.717, 1.165) is 0 Å². The van der Waals surface area contributed by atoms with E-state index in [1.807, 2.05) is 68.0 Å². The number of aromatic nitrogens is 2. The fourth-order valence-electron chi connectivity index (χ4n) is 5.65. The highest BCUT2D eigenvalue weighted by atomic mass is 32.1. The SMILES string of the molecule is Cc1cc2c(s1)c1sc3c4cc5sc6c(sc7c8sc(C)cc8n(C)c67)c5cc4sc3c1n2C. The zero-order chi connectivity index (χ0) is 22.6. The van der Waals surface area contributed by atoms with Gasteiger partial charge in [-0.3, -0.25) is 0 Å². The van der Waals surface area contributed by atoms with Crippen molar-refractivity contribution < 1.29 is 0 Å². The first-order chi connectivity index (χ1) is 16.5. The molecule has 0 N–H and O–H groups in total. The van der Waals surface area contributed by atoms with Crippen LogP contribution in [-0.4, -0.2) is 9.13 Å². The lowest BCUT2D eigenvalue weighted by Gasteiger charge is -1.93. The van der Waals surface area contributed by atoms with Crippen molar-refractivity contribution in [3.63, 3.8) is 0 Å². The number of fused-ring (bicyclic) bond motifs is 14. The highest BCUT2D eigenvalue weighted by molar-refractivity contribution is 7.40. The van der Waals surface area contributed by atoms with Crippen LogP contribution in [0, 0.1) is 13.8 Å². The molecule has 2 nitrogen and oxygen atoms in total. The molecule has 0 atom stereocenters. The molecule has 0 aliphatic rings. The number of rotatable bonds is 0. The molecule has 166 valence electrons. The minimum atomic E-state index is 1.38. The summed E-state index contributed by atoms with van der Waals surface area (Å²) in [6.07, 6.45) is 0. The maximum atomic E-state index is 2.48. The smallest absolute Gasteiger partial charge is 0.0789 e. The topological polar surface area (TPSA) is 9.86 Å². The predicted molar refractivity (Wildman–Crippen MR) is 161 cm³/mol. The Morgan fingerprint density at radius 1 is 0.471 bits per heavy atom. The van der Waals surface area contributed by atoms with Crippen LogP contribution in [0.2, 0.25) is 0 Å². The third-order valence-electron chi connectivity index (χ3n) is 7.15. The molecule has 0 unspecified atom stereocenters. The van der Waals surface area contributed by atoms with Gasteiger partial charge in [-0.05, 0) is 38.1 Å². The molecule has 0 aliphatic heterocycles. The molecule has 1 aromatic carbocycles. The molecule has 0 amide bonds. The molecule has 0 radical (unpaired) electrons. The second-order valence-electron chi connectivity index (χ2n) is 9.19. The summed E-state index contributed by atoms with van der Waals surface area (Å²) in [6.45, 7) is 4.44. The molecule has 8 heterocycles. The van der Waals surface area contributed by atoms with Gasteiger partial charge in [0.15, 0.2) is 0 Å². The number of aryl methyl sites for hydroxylation is 4. The van der Waals surface area contributed by atoms with Gasteiger partial charge in [0.25, 0.3) is 0 Å². The molecule has 9 rings (SSSR count). The molecule has 0 saturated carbocycles. The molecule has 8 aromatic heterocycles. The lowest BCUT2D eigenvalue weighted by molar-refractivity contribution is 1.02. The Morgan fingerprint density at radius 3 is 1.32 bits per heavy atom. The molecule has 0 spiro atoms. The summed E-state index contributed by atoms with van der Waals surface area (Å²) in [5, 5.41) is 2.87. The minimum Gasteiger partial charge on any atom is -0.341 e. The number of hydrogen-bond donors (Lipinski definition) is 0. The highest BCUT2D eigenvalue weighted by Crippen LogP contribution is 2.53. The maximum absolute atomic E-state index is 2.48. The highest BCUT2D eigenvalue weighted by Gasteiger charge is 2.23. The summed E-state index contributed by atoms with van der Waals surface area (Å²) in [4.78, 5) is 2.79. The van der Waals surface area contributed by atoms with Gasteiger partial charge in [-0.1, -0.05) is 0 Å². The number of hydrogen-bond acceptors (Lipinski definition) is 6. The van der Waals surface area contributed by atoms with Crippen molar-refractivity contribution in [2.75, 3.05) is 0 Å². The Hall–Kier alpha value is -1.94. The van der Waals surface area contributed by atoms with Crippen LogP contribution in [0.5, 0.6) is 0 Å². The fourth-order valence-corrected chi connectivity index (χ4v) is 13.7. The van der Waals surface area contributed by atoms with Crippen molar-refractivity contribution in [1.82, 2.24) is 9.13 Å². The second-order valence-corrected chi connectivity index (χ2v) is 15.8. The molecular formula is C26H16N2S6. The van der Waals surface area contributed by atoms with Crippen molar-refractivity contribution in [3.05, 3.63) is 34.0 Å². The van der Waals surface area contributed by atoms with Gasteiger partial charge in [0, 0.05) is 44.0 Å². The van der Waals surface area contributed by atoms with Gasteiger partial charge in [-0.25, -0.2) is 0 Å². The fraction of sp³-hybridized carbons (Fsp3) is 0.154. The normalized spacial score (nSPS) is 13.3. The van der Waals surface area contributed by atoms with Crippen LogP contribution in [-0.2, 0) is 14.1 Å². The molecule has 8 heteroatoms. The van der Waals surface area contributed by atoms with Crippen molar-refractivity contribution in [2.45, 2.75) is 13.8 Å². The molecule has 9 aromatic rings. The van der Waals surface area contributed by atoms with E-state index in [2.05, 4.69) is 61.3 Å². The first-order valence-electron chi connectivity index (χ1n) is 11.0. The van der Waals surface area contributed by atoms with Crippen molar-refractivity contribution in [2.24, 2.45) is 14.1 Å². The Morgan fingerprint density at radius 2 is 0.882 bits per heavy atom. The van der Waals surface area contributed by atoms with Crippen molar-refractivity contribution in [3.8, 4) is 0 Å². The zero-order valence-corrected chi connectivity index (χ0v) is 23.6. The largest absolute Gasteiger partial charge is 0.341 e. The number of thiophene rings is 6. The van der Waals surface area contributed by atoms with Crippen LogP contribution in [0.3, 0.4) is 0 Å².